The lowest BCUT2D eigenvalue weighted by molar-refractivity contribution is 0.0602. The van der Waals surface area contributed by atoms with Crippen LogP contribution in [0.15, 0.2) is 30.5 Å². The highest BCUT2D eigenvalue weighted by Crippen LogP contribution is 2.20. The highest BCUT2D eigenvalue weighted by Gasteiger charge is 2.17. The predicted molar refractivity (Wildman–Crippen MR) is 64.0 cm³/mol. The third kappa shape index (κ3) is 1.78. The summed E-state index contributed by atoms with van der Waals surface area (Å²) in [7, 11) is 1.27. The summed E-state index contributed by atoms with van der Waals surface area (Å²) in [5.74, 6) is -0.419. The number of benzene rings is 1. The van der Waals surface area contributed by atoms with Crippen molar-refractivity contribution in [3.63, 3.8) is 0 Å². The van der Waals surface area contributed by atoms with Crippen molar-refractivity contribution in [2.45, 2.75) is 0 Å². The van der Waals surface area contributed by atoms with Crippen LogP contribution in [-0.4, -0.2) is 22.9 Å². The average molecular weight is 242 g/mol. The second-order valence-electron chi connectivity index (χ2n) is 3.48. The lowest BCUT2D eigenvalue weighted by atomic mass is 10.2. The van der Waals surface area contributed by atoms with Crippen LogP contribution in [0.5, 0.6) is 0 Å². The number of nitrogen functional groups attached to an aromatic ring is 1. The fourth-order valence-corrected chi connectivity index (χ4v) is 1.57. The summed E-state index contributed by atoms with van der Waals surface area (Å²) in [6, 6.07) is 8.88. The predicted octanol–water partition coefficient (Wildman–Crippen LogP) is 1.11. The summed E-state index contributed by atoms with van der Waals surface area (Å²) in [5, 5.41) is 13.0. The lowest BCUT2D eigenvalue weighted by Crippen LogP contribution is -2.08. The van der Waals surface area contributed by atoms with E-state index in [1.807, 2.05) is 6.07 Å². The van der Waals surface area contributed by atoms with Gasteiger partial charge in [0.25, 0.3) is 0 Å². The molecule has 0 saturated carbocycles. The van der Waals surface area contributed by atoms with Gasteiger partial charge in [-0.25, -0.2) is 9.48 Å². The van der Waals surface area contributed by atoms with E-state index < -0.39 is 5.97 Å². The molecule has 6 heteroatoms. The van der Waals surface area contributed by atoms with E-state index in [0.29, 0.717) is 11.3 Å². The Balaban J connectivity index is 2.57. The van der Waals surface area contributed by atoms with Crippen molar-refractivity contribution in [1.29, 1.82) is 5.26 Å². The van der Waals surface area contributed by atoms with Crippen molar-refractivity contribution < 1.29 is 9.53 Å². The number of hydrogen-bond donors (Lipinski definition) is 1. The lowest BCUT2D eigenvalue weighted by Gasteiger charge is -2.06. The van der Waals surface area contributed by atoms with Crippen LogP contribution < -0.4 is 5.73 Å². The van der Waals surface area contributed by atoms with E-state index in [9.17, 15) is 4.79 Å². The second kappa shape index (κ2) is 4.59. The molecule has 0 spiro atoms. The smallest absolute Gasteiger partial charge is 0.343 e. The minimum Gasteiger partial charge on any atom is -0.465 e. The summed E-state index contributed by atoms with van der Waals surface area (Å²) in [6.07, 6.45) is 1.31. The monoisotopic (exact) mass is 242 g/mol. The maximum absolute atomic E-state index is 11.4. The molecule has 0 radical (unpaired) electrons. The molecule has 0 bridgehead atoms. The molecule has 2 N–H and O–H groups in total. The van der Waals surface area contributed by atoms with Gasteiger partial charge >= 0.3 is 5.97 Å². The SMILES string of the molecule is COC(=O)c1cnn(-c2ccccc2C#N)c1N. The highest BCUT2D eigenvalue weighted by atomic mass is 16.5. The van der Waals surface area contributed by atoms with Crippen LogP contribution >= 0.6 is 0 Å². The van der Waals surface area contributed by atoms with Gasteiger partial charge in [0.2, 0.25) is 0 Å². The van der Waals surface area contributed by atoms with Crippen LogP contribution in [0.1, 0.15) is 15.9 Å². The maximum Gasteiger partial charge on any atom is 0.343 e. The summed E-state index contributed by atoms with van der Waals surface area (Å²) in [6.45, 7) is 0. The van der Waals surface area contributed by atoms with Gasteiger partial charge in [0.05, 0.1) is 24.6 Å². The van der Waals surface area contributed by atoms with E-state index in [1.54, 1.807) is 24.3 Å². The van der Waals surface area contributed by atoms with E-state index >= 15 is 0 Å². The molecule has 0 saturated heterocycles. The number of carbonyl (C=O) groups is 1. The second-order valence-corrected chi connectivity index (χ2v) is 3.48. The van der Waals surface area contributed by atoms with Gasteiger partial charge < -0.3 is 10.5 Å². The number of nitriles is 1. The van der Waals surface area contributed by atoms with Crippen molar-refractivity contribution >= 4 is 11.8 Å². The quantitative estimate of drug-likeness (QED) is 0.796. The first-order valence-corrected chi connectivity index (χ1v) is 5.10. The van der Waals surface area contributed by atoms with Crippen LogP contribution in [0.25, 0.3) is 5.69 Å². The first-order chi connectivity index (χ1) is 8.69. The van der Waals surface area contributed by atoms with Crippen LogP contribution in [0.4, 0.5) is 5.82 Å². The van der Waals surface area contributed by atoms with Gasteiger partial charge in [-0.05, 0) is 12.1 Å². The number of carbonyl (C=O) groups excluding carboxylic acids is 1. The van der Waals surface area contributed by atoms with Crippen LogP contribution in [0.2, 0.25) is 0 Å². The molecule has 0 aliphatic carbocycles. The topological polar surface area (TPSA) is 93.9 Å². The number of esters is 1. The van der Waals surface area contributed by atoms with Crippen LogP contribution in [-0.2, 0) is 4.74 Å². The molecule has 6 nitrogen and oxygen atoms in total. The van der Waals surface area contributed by atoms with Crippen molar-refractivity contribution in [2.24, 2.45) is 0 Å². The third-order valence-electron chi connectivity index (χ3n) is 2.46. The summed E-state index contributed by atoms with van der Waals surface area (Å²) in [4.78, 5) is 11.4. The van der Waals surface area contributed by atoms with E-state index in [-0.39, 0.29) is 11.4 Å². The summed E-state index contributed by atoms with van der Waals surface area (Å²) in [5.41, 5.74) is 6.94. The fraction of sp³-hybridized carbons (Fsp3) is 0.0833. The number of rotatable bonds is 2. The molecule has 0 fully saturated rings. The number of hydrogen-bond acceptors (Lipinski definition) is 5. The molecule has 18 heavy (non-hydrogen) atoms. The van der Waals surface area contributed by atoms with E-state index in [1.165, 1.54) is 18.0 Å². The molecule has 0 atom stereocenters. The fourth-order valence-electron chi connectivity index (χ4n) is 1.57. The maximum atomic E-state index is 11.4. The molecular formula is C12H10N4O2. The van der Waals surface area contributed by atoms with Gasteiger partial charge in [-0.1, -0.05) is 12.1 Å². The molecule has 1 aromatic heterocycles. The zero-order valence-electron chi connectivity index (χ0n) is 9.62. The number of nitrogens with zero attached hydrogens (tertiary/aromatic N) is 3. The Kier molecular flexibility index (Phi) is 2.98. The Hall–Kier alpha value is -2.81. The van der Waals surface area contributed by atoms with Gasteiger partial charge in [-0.3, -0.25) is 0 Å². The number of aromatic nitrogens is 2. The Morgan fingerprint density at radius 1 is 1.50 bits per heavy atom. The molecule has 90 valence electrons. The summed E-state index contributed by atoms with van der Waals surface area (Å²) < 4.78 is 5.92. The molecule has 1 aromatic carbocycles. The Bertz CT molecular complexity index is 640. The molecule has 2 aromatic rings. The third-order valence-corrected chi connectivity index (χ3v) is 2.46. The van der Waals surface area contributed by atoms with Crippen LogP contribution in [0.3, 0.4) is 0 Å². The minimum atomic E-state index is -0.562. The first kappa shape index (κ1) is 11.7. The van der Waals surface area contributed by atoms with Crippen molar-refractivity contribution in [1.82, 2.24) is 9.78 Å². The molecular weight excluding hydrogens is 232 g/mol. The number of ether oxygens (including phenoxy) is 1. The van der Waals surface area contributed by atoms with Crippen molar-refractivity contribution in [2.75, 3.05) is 12.8 Å². The largest absolute Gasteiger partial charge is 0.465 e. The normalized spacial score (nSPS) is 9.78. The van der Waals surface area contributed by atoms with Gasteiger partial charge in [0.1, 0.15) is 17.5 Å². The molecule has 1 heterocycles. The van der Waals surface area contributed by atoms with Crippen molar-refractivity contribution in [3.05, 3.63) is 41.6 Å². The van der Waals surface area contributed by atoms with Gasteiger partial charge in [-0.15, -0.1) is 0 Å². The van der Waals surface area contributed by atoms with E-state index in [2.05, 4.69) is 9.84 Å². The zero-order chi connectivity index (χ0) is 13.1. The number of anilines is 1. The van der Waals surface area contributed by atoms with E-state index in [0.717, 1.165) is 0 Å². The zero-order valence-corrected chi connectivity index (χ0v) is 9.62. The molecule has 0 aliphatic rings. The average Bonchev–Trinajstić information content (AvgIpc) is 2.79. The molecule has 0 unspecified atom stereocenters. The Morgan fingerprint density at radius 2 is 2.22 bits per heavy atom. The van der Waals surface area contributed by atoms with Gasteiger partial charge in [0.15, 0.2) is 0 Å². The molecule has 2 rings (SSSR count). The number of nitrogens with two attached hydrogens (primary N) is 1. The molecule has 0 aliphatic heterocycles. The summed E-state index contributed by atoms with van der Waals surface area (Å²) >= 11 is 0. The number of para-hydroxylation sites is 1. The number of methoxy groups -OCH3 is 1. The van der Waals surface area contributed by atoms with E-state index in [4.69, 9.17) is 11.0 Å². The van der Waals surface area contributed by atoms with Gasteiger partial charge in [0, 0.05) is 0 Å². The van der Waals surface area contributed by atoms with Crippen molar-refractivity contribution in [3.8, 4) is 11.8 Å². The standard InChI is InChI=1S/C12H10N4O2/c1-18-12(17)9-7-15-16(11(9)14)10-5-3-2-4-8(10)6-13/h2-5,7H,14H2,1H3. The minimum absolute atomic E-state index is 0.143. The Morgan fingerprint density at radius 3 is 2.89 bits per heavy atom. The highest BCUT2D eigenvalue weighted by molar-refractivity contribution is 5.94. The van der Waals surface area contributed by atoms with Crippen LogP contribution in [0, 0.1) is 11.3 Å². The first-order valence-electron chi connectivity index (χ1n) is 5.10. The molecule has 0 amide bonds. The Labute approximate surface area is 103 Å². The van der Waals surface area contributed by atoms with Gasteiger partial charge in [-0.2, -0.15) is 10.4 Å².